The van der Waals surface area contributed by atoms with Gasteiger partial charge in [0, 0.05) is 17.8 Å². The summed E-state index contributed by atoms with van der Waals surface area (Å²) < 4.78 is 5.87. The molecule has 0 radical (unpaired) electrons. The van der Waals surface area contributed by atoms with Crippen molar-refractivity contribution in [2.75, 3.05) is 18.4 Å². The van der Waals surface area contributed by atoms with Gasteiger partial charge in [-0.05, 0) is 63.0 Å². The summed E-state index contributed by atoms with van der Waals surface area (Å²) in [7, 11) is 0. The second-order valence-electron chi connectivity index (χ2n) is 7.46. The first-order valence-corrected chi connectivity index (χ1v) is 9.93. The molecule has 3 N–H and O–H groups in total. The minimum atomic E-state index is 0. The fourth-order valence-electron chi connectivity index (χ4n) is 3.88. The van der Waals surface area contributed by atoms with Crippen LogP contribution >= 0.6 is 24.0 Å². The molecule has 6 heteroatoms. The van der Waals surface area contributed by atoms with Crippen molar-refractivity contribution in [2.24, 2.45) is 10.7 Å². The molecule has 5 nitrogen and oxygen atoms in total. The lowest BCUT2D eigenvalue weighted by Gasteiger charge is -2.43. The number of likely N-dealkylation sites (tertiary alicyclic amines) is 1. The Bertz CT molecular complexity index is 771. The molecule has 1 saturated carbocycles. The van der Waals surface area contributed by atoms with Gasteiger partial charge in [-0.1, -0.05) is 30.7 Å². The van der Waals surface area contributed by atoms with Gasteiger partial charge >= 0.3 is 0 Å². The van der Waals surface area contributed by atoms with Gasteiger partial charge in [-0.3, -0.25) is 0 Å². The first kappa shape index (κ1) is 20.9. The molecular formula is C22H29IN4O. The molecule has 0 atom stereocenters. The zero-order chi connectivity index (χ0) is 18.5. The van der Waals surface area contributed by atoms with Crippen LogP contribution in [0.4, 0.5) is 5.69 Å². The van der Waals surface area contributed by atoms with Gasteiger partial charge in [0.2, 0.25) is 0 Å². The standard InChI is InChI=1S/C22H28N4O.HI/c23-22(25-18-14-19(15-18)26-12-5-2-6-13-26)24-17-8-7-11-21(16-17)27-20-9-3-1-4-10-20;/h1,3-4,7-11,16,18-19H,2,5-6,12-15H2,(H3,23,24,25);1H. The highest BCUT2D eigenvalue weighted by molar-refractivity contribution is 14.0. The van der Waals surface area contributed by atoms with Gasteiger partial charge in [0.05, 0.1) is 6.04 Å². The fraction of sp³-hybridized carbons (Fsp3) is 0.409. The van der Waals surface area contributed by atoms with Crippen LogP contribution in [0.25, 0.3) is 0 Å². The van der Waals surface area contributed by atoms with E-state index in [1.54, 1.807) is 0 Å². The minimum Gasteiger partial charge on any atom is -0.457 e. The van der Waals surface area contributed by atoms with Crippen molar-refractivity contribution in [3.8, 4) is 11.5 Å². The summed E-state index contributed by atoms with van der Waals surface area (Å²) in [6.07, 6.45) is 6.32. The average molecular weight is 492 g/mol. The van der Waals surface area contributed by atoms with Crippen molar-refractivity contribution in [3.05, 3.63) is 54.6 Å². The number of piperidine rings is 1. The molecule has 1 heterocycles. The lowest BCUT2D eigenvalue weighted by Crippen LogP contribution is -2.49. The number of aliphatic imine (C=N–C) groups is 1. The number of anilines is 1. The fourth-order valence-corrected chi connectivity index (χ4v) is 3.88. The van der Waals surface area contributed by atoms with Gasteiger partial charge in [-0.25, -0.2) is 4.99 Å². The van der Waals surface area contributed by atoms with Crippen LogP contribution in [0.3, 0.4) is 0 Å². The van der Waals surface area contributed by atoms with Crippen molar-refractivity contribution < 1.29 is 4.74 Å². The van der Waals surface area contributed by atoms with Crippen LogP contribution in [0.5, 0.6) is 11.5 Å². The summed E-state index contributed by atoms with van der Waals surface area (Å²) in [4.78, 5) is 7.28. The van der Waals surface area contributed by atoms with E-state index >= 15 is 0 Å². The summed E-state index contributed by atoms with van der Waals surface area (Å²) >= 11 is 0. The maximum Gasteiger partial charge on any atom is 0.193 e. The molecule has 2 fully saturated rings. The number of ether oxygens (including phenoxy) is 1. The number of nitrogens with two attached hydrogens (primary N) is 1. The third kappa shape index (κ3) is 5.61. The van der Waals surface area contributed by atoms with Crippen LogP contribution in [0.15, 0.2) is 59.6 Å². The van der Waals surface area contributed by atoms with Gasteiger partial charge in [0.1, 0.15) is 11.5 Å². The summed E-state index contributed by atoms with van der Waals surface area (Å²) in [5.74, 6) is 2.07. The second-order valence-corrected chi connectivity index (χ2v) is 7.46. The first-order chi connectivity index (χ1) is 13.3. The van der Waals surface area contributed by atoms with E-state index in [9.17, 15) is 0 Å². The first-order valence-electron chi connectivity index (χ1n) is 9.93. The van der Waals surface area contributed by atoms with E-state index in [0.29, 0.717) is 18.0 Å². The van der Waals surface area contributed by atoms with E-state index in [1.165, 1.54) is 32.4 Å². The Balaban J connectivity index is 0.00000225. The number of halogens is 1. The van der Waals surface area contributed by atoms with Crippen LogP contribution in [0.1, 0.15) is 32.1 Å². The van der Waals surface area contributed by atoms with Crippen molar-refractivity contribution in [2.45, 2.75) is 44.2 Å². The minimum absolute atomic E-state index is 0. The summed E-state index contributed by atoms with van der Waals surface area (Å²) in [5, 5.41) is 3.20. The average Bonchev–Trinajstić information content (AvgIpc) is 2.66. The van der Waals surface area contributed by atoms with Gasteiger partial charge in [0.15, 0.2) is 5.96 Å². The summed E-state index contributed by atoms with van der Waals surface area (Å²) in [6, 6.07) is 18.6. The highest BCUT2D eigenvalue weighted by atomic mass is 127. The Morgan fingerprint density at radius 1 is 0.964 bits per heavy atom. The number of rotatable bonds is 5. The molecule has 1 saturated heterocycles. The molecule has 1 aliphatic carbocycles. The molecule has 0 unspecified atom stereocenters. The lowest BCUT2D eigenvalue weighted by molar-refractivity contribution is 0.0912. The molecule has 0 bridgehead atoms. The molecule has 0 spiro atoms. The number of para-hydroxylation sites is 1. The number of hydrogen-bond acceptors (Lipinski definition) is 3. The Labute approximate surface area is 184 Å². The summed E-state index contributed by atoms with van der Waals surface area (Å²) in [5.41, 5.74) is 7.01. The molecule has 2 aromatic rings. The van der Waals surface area contributed by atoms with Crippen LogP contribution in [-0.4, -0.2) is 36.0 Å². The van der Waals surface area contributed by atoms with Crippen LogP contribution in [0.2, 0.25) is 0 Å². The van der Waals surface area contributed by atoms with Crippen molar-refractivity contribution >= 4 is 35.6 Å². The zero-order valence-electron chi connectivity index (χ0n) is 16.1. The van der Waals surface area contributed by atoms with Gasteiger partial charge < -0.3 is 20.7 Å². The molecule has 0 amide bonds. The maximum atomic E-state index is 6.13. The highest BCUT2D eigenvalue weighted by Crippen LogP contribution is 2.30. The second kappa shape index (κ2) is 10.1. The van der Waals surface area contributed by atoms with Crippen LogP contribution < -0.4 is 15.8 Å². The Hall–Kier alpha value is -1.80. The Morgan fingerprint density at radius 2 is 1.68 bits per heavy atom. The number of guanidine groups is 1. The number of nitrogens with zero attached hydrogens (tertiary/aromatic N) is 2. The van der Waals surface area contributed by atoms with Crippen molar-refractivity contribution in [3.63, 3.8) is 0 Å². The van der Waals surface area contributed by atoms with Gasteiger partial charge in [-0.15, -0.1) is 24.0 Å². The maximum absolute atomic E-state index is 6.13. The van der Waals surface area contributed by atoms with Gasteiger partial charge in [-0.2, -0.15) is 0 Å². The van der Waals surface area contributed by atoms with Crippen molar-refractivity contribution in [1.82, 2.24) is 4.90 Å². The smallest absolute Gasteiger partial charge is 0.193 e. The quantitative estimate of drug-likeness (QED) is 0.356. The molecule has 28 heavy (non-hydrogen) atoms. The third-order valence-electron chi connectivity index (χ3n) is 5.40. The normalized spacial score (nSPS) is 22.6. The van der Waals surface area contributed by atoms with Gasteiger partial charge in [0.25, 0.3) is 0 Å². The number of hydrogen-bond donors (Lipinski definition) is 2. The zero-order valence-corrected chi connectivity index (χ0v) is 18.4. The third-order valence-corrected chi connectivity index (χ3v) is 5.40. The number of nitrogens with one attached hydrogen (secondary N) is 1. The molecule has 2 aromatic carbocycles. The molecular weight excluding hydrogens is 463 g/mol. The van der Waals surface area contributed by atoms with E-state index in [4.69, 9.17) is 10.5 Å². The lowest BCUT2D eigenvalue weighted by atomic mass is 9.85. The Morgan fingerprint density at radius 3 is 2.43 bits per heavy atom. The number of benzene rings is 2. The molecule has 150 valence electrons. The van der Waals surface area contributed by atoms with E-state index < -0.39 is 0 Å². The van der Waals surface area contributed by atoms with E-state index in [0.717, 1.165) is 30.0 Å². The highest BCUT2D eigenvalue weighted by Gasteiger charge is 2.33. The van der Waals surface area contributed by atoms with E-state index in [-0.39, 0.29) is 24.0 Å². The van der Waals surface area contributed by atoms with Crippen LogP contribution in [-0.2, 0) is 0 Å². The topological polar surface area (TPSA) is 62.9 Å². The Kier molecular flexibility index (Phi) is 7.56. The molecule has 2 aliphatic rings. The molecule has 4 rings (SSSR count). The van der Waals surface area contributed by atoms with E-state index in [1.807, 2.05) is 54.6 Å². The predicted octanol–water partition coefficient (Wildman–Crippen LogP) is 4.84. The van der Waals surface area contributed by atoms with Crippen LogP contribution in [0, 0.1) is 0 Å². The largest absolute Gasteiger partial charge is 0.457 e. The molecule has 0 aromatic heterocycles. The molecule has 1 aliphatic heterocycles. The SMILES string of the molecule is I.NC(=NC1CC(N2CCCCC2)C1)Nc1cccc(Oc2ccccc2)c1. The summed E-state index contributed by atoms with van der Waals surface area (Å²) in [6.45, 7) is 2.51. The monoisotopic (exact) mass is 492 g/mol. The van der Waals surface area contributed by atoms with E-state index in [2.05, 4.69) is 15.2 Å². The van der Waals surface area contributed by atoms with Crippen molar-refractivity contribution in [1.29, 1.82) is 0 Å². The predicted molar refractivity (Wildman–Crippen MR) is 126 cm³/mol.